The van der Waals surface area contributed by atoms with Gasteiger partial charge in [0.25, 0.3) is 0 Å². The molecule has 21 heavy (non-hydrogen) atoms. The zero-order valence-electron chi connectivity index (χ0n) is 14.5. The van der Waals surface area contributed by atoms with Crippen LogP contribution >= 0.6 is 0 Å². The summed E-state index contributed by atoms with van der Waals surface area (Å²) in [6.45, 7) is 13.4. The Kier molecular flexibility index (Phi) is 7.21. The Morgan fingerprint density at radius 1 is 0.810 bits per heavy atom. The lowest BCUT2D eigenvalue weighted by Gasteiger charge is -2.38. The summed E-state index contributed by atoms with van der Waals surface area (Å²) >= 11 is 0. The van der Waals surface area contributed by atoms with Crippen LogP contribution in [-0.2, 0) is 9.47 Å². The molecule has 0 N–H and O–H groups in total. The van der Waals surface area contributed by atoms with Crippen molar-refractivity contribution in [1.82, 2.24) is 0 Å². The van der Waals surface area contributed by atoms with Crippen molar-refractivity contribution < 1.29 is 22.6 Å². The van der Waals surface area contributed by atoms with Gasteiger partial charge in [0.1, 0.15) is 6.61 Å². The van der Waals surface area contributed by atoms with Crippen LogP contribution in [0.1, 0.15) is 61.3 Å². The highest BCUT2D eigenvalue weighted by Gasteiger charge is 2.35. The van der Waals surface area contributed by atoms with E-state index >= 15 is 0 Å². The molecule has 1 atom stereocenters. The van der Waals surface area contributed by atoms with Gasteiger partial charge in [-0.3, -0.25) is 0 Å². The zero-order chi connectivity index (χ0) is 16.9. The largest absolute Gasteiger partial charge is 0.411 e. The van der Waals surface area contributed by atoms with Crippen molar-refractivity contribution in [3.8, 4) is 0 Å². The van der Waals surface area contributed by atoms with Gasteiger partial charge in [0, 0.05) is 5.41 Å². The lowest BCUT2D eigenvalue weighted by atomic mass is 9.76. The predicted octanol–water partition coefficient (Wildman–Crippen LogP) is 5.21. The molecule has 5 heteroatoms. The molecule has 0 aliphatic rings. The highest BCUT2D eigenvalue weighted by atomic mass is 19.4. The molecule has 0 saturated carbocycles. The molecule has 128 valence electrons. The van der Waals surface area contributed by atoms with Crippen molar-refractivity contribution >= 4 is 0 Å². The van der Waals surface area contributed by atoms with E-state index in [1.54, 1.807) is 0 Å². The van der Waals surface area contributed by atoms with E-state index < -0.39 is 18.2 Å². The van der Waals surface area contributed by atoms with E-state index in [1.807, 2.05) is 27.7 Å². The van der Waals surface area contributed by atoms with Gasteiger partial charge in [-0.25, -0.2) is 0 Å². The topological polar surface area (TPSA) is 18.5 Å². The molecule has 0 aromatic carbocycles. The molecule has 0 aliphatic carbocycles. The Balaban J connectivity index is 4.69. The lowest BCUT2D eigenvalue weighted by molar-refractivity contribution is -0.186. The van der Waals surface area contributed by atoms with Gasteiger partial charge in [0.2, 0.25) is 0 Å². The molecular weight excluding hydrogens is 281 g/mol. The summed E-state index contributed by atoms with van der Waals surface area (Å²) in [6.07, 6.45) is -2.70. The Morgan fingerprint density at radius 3 is 1.71 bits per heavy atom. The van der Waals surface area contributed by atoms with Crippen LogP contribution in [0.4, 0.5) is 13.2 Å². The summed E-state index contributed by atoms with van der Waals surface area (Å²) < 4.78 is 47.5. The summed E-state index contributed by atoms with van der Waals surface area (Å²) in [5.74, 6) is 0. The molecule has 0 radical (unpaired) electrons. The first-order valence-corrected chi connectivity index (χ1v) is 7.47. The standard InChI is InChI=1S/C16H31F3O2/c1-8-14(5,6)21-11-15(7,9-13(2,3)4)10-20-12-16(17,18)19/h8-12H2,1-7H3. The number of halogens is 3. The highest BCUT2D eigenvalue weighted by Crippen LogP contribution is 2.35. The molecular formula is C16H31F3O2. The fourth-order valence-electron chi connectivity index (χ4n) is 2.31. The van der Waals surface area contributed by atoms with Gasteiger partial charge in [0.05, 0.1) is 18.8 Å². The normalized spacial score (nSPS) is 16.9. The molecule has 0 rings (SSSR count). The first-order chi connectivity index (χ1) is 9.18. The minimum Gasteiger partial charge on any atom is -0.375 e. The van der Waals surface area contributed by atoms with Gasteiger partial charge < -0.3 is 9.47 Å². The fourth-order valence-corrected chi connectivity index (χ4v) is 2.31. The van der Waals surface area contributed by atoms with Crippen molar-refractivity contribution in [1.29, 1.82) is 0 Å². The monoisotopic (exact) mass is 312 g/mol. The molecule has 0 amide bonds. The predicted molar refractivity (Wildman–Crippen MR) is 79.4 cm³/mol. The van der Waals surface area contributed by atoms with Crippen LogP contribution in [0.3, 0.4) is 0 Å². The smallest absolute Gasteiger partial charge is 0.375 e. The van der Waals surface area contributed by atoms with Crippen molar-refractivity contribution in [2.45, 2.75) is 73.1 Å². The number of hydrogen-bond acceptors (Lipinski definition) is 2. The first kappa shape index (κ1) is 20.7. The Bertz CT molecular complexity index is 306. The Labute approximate surface area is 127 Å². The third-order valence-electron chi connectivity index (χ3n) is 3.34. The highest BCUT2D eigenvalue weighted by molar-refractivity contribution is 4.82. The molecule has 0 saturated heterocycles. The second-order valence-electron chi connectivity index (χ2n) is 8.06. The average Bonchev–Trinajstić information content (AvgIpc) is 2.22. The van der Waals surface area contributed by atoms with E-state index in [0.29, 0.717) is 6.61 Å². The maximum Gasteiger partial charge on any atom is 0.411 e. The summed E-state index contributed by atoms with van der Waals surface area (Å²) in [6, 6.07) is 0. The van der Waals surface area contributed by atoms with E-state index in [0.717, 1.165) is 12.8 Å². The van der Waals surface area contributed by atoms with Crippen molar-refractivity contribution in [3.63, 3.8) is 0 Å². The second kappa shape index (κ2) is 7.32. The van der Waals surface area contributed by atoms with E-state index in [2.05, 4.69) is 20.8 Å². The number of alkyl halides is 3. The molecule has 1 unspecified atom stereocenters. The van der Waals surface area contributed by atoms with Gasteiger partial charge >= 0.3 is 6.18 Å². The maximum absolute atomic E-state index is 12.2. The quantitative estimate of drug-likeness (QED) is 0.612. The third-order valence-corrected chi connectivity index (χ3v) is 3.34. The molecule has 0 heterocycles. The second-order valence-corrected chi connectivity index (χ2v) is 8.06. The van der Waals surface area contributed by atoms with Gasteiger partial charge in [0.15, 0.2) is 0 Å². The van der Waals surface area contributed by atoms with Gasteiger partial charge in [-0.05, 0) is 32.1 Å². The summed E-state index contributed by atoms with van der Waals surface area (Å²) in [5.41, 5.74) is -0.713. The summed E-state index contributed by atoms with van der Waals surface area (Å²) in [7, 11) is 0. The molecule has 2 nitrogen and oxygen atoms in total. The van der Waals surface area contributed by atoms with Crippen LogP contribution in [-0.4, -0.2) is 31.6 Å². The Morgan fingerprint density at radius 2 is 1.33 bits per heavy atom. The molecule has 0 aromatic heterocycles. The average molecular weight is 312 g/mol. The van der Waals surface area contributed by atoms with Crippen molar-refractivity contribution in [2.75, 3.05) is 19.8 Å². The summed E-state index contributed by atoms with van der Waals surface area (Å²) in [5, 5.41) is 0. The van der Waals surface area contributed by atoms with Crippen molar-refractivity contribution in [3.05, 3.63) is 0 Å². The zero-order valence-corrected chi connectivity index (χ0v) is 14.5. The van der Waals surface area contributed by atoms with E-state index in [-0.39, 0.29) is 17.6 Å². The molecule has 0 aromatic rings. The third kappa shape index (κ3) is 11.0. The lowest BCUT2D eigenvalue weighted by Crippen LogP contribution is -2.38. The number of rotatable bonds is 8. The van der Waals surface area contributed by atoms with Crippen LogP contribution in [0.2, 0.25) is 0 Å². The molecule has 0 aliphatic heterocycles. The van der Waals surface area contributed by atoms with Crippen LogP contribution < -0.4 is 0 Å². The number of hydrogen-bond donors (Lipinski definition) is 0. The van der Waals surface area contributed by atoms with Crippen LogP contribution in [0, 0.1) is 10.8 Å². The van der Waals surface area contributed by atoms with Crippen molar-refractivity contribution in [2.24, 2.45) is 10.8 Å². The SMILES string of the molecule is CCC(C)(C)OCC(C)(COCC(F)(F)F)CC(C)(C)C. The molecule has 0 bridgehead atoms. The fraction of sp³-hybridized carbons (Fsp3) is 1.00. The Hall–Kier alpha value is -0.290. The van der Waals surface area contributed by atoms with Gasteiger partial charge in [-0.1, -0.05) is 34.6 Å². The summed E-state index contributed by atoms with van der Waals surface area (Å²) in [4.78, 5) is 0. The first-order valence-electron chi connectivity index (χ1n) is 7.47. The van der Waals surface area contributed by atoms with E-state index in [1.165, 1.54) is 0 Å². The van der Waals surface area contributed by atoms with Gasteiger partial charge in [-0.2, -0.15) is 13.2 Å². The van der Waals surface area contributed by atoms with E-state index in [4.69, 9.17) is 9.47 Å². The van der Waals surface area contributed by atoms with Crippen LogP contribution in [0.25, 0.3) is 0 Å². The van der Waals surface area contributed by atoms with Gasteiger partial charge in [-0.15, -0.1) is 0 Å². The van der Waals surface area contributed by atoms with E-state index in [9.17, 15) is 13.2 Å². The maximum atomic E-state index is 12.2. The van der Waals surface area contributed by atoms with Crippen LogP contribution in [0.15, 0.2) is 0 Å². The van der Waals surface area contributed by atoms with Crippen LogP contribution in [0.5, 0.6) is 0 Å². The molecule has 0 spiro atoms. The minimum atomic E-state index is -4.29. The molecule has 0 fully saturated rings. The number of ether oxygens (including phenoxy) is 2. The minimum absolute atomic E-state index is 0.00391.